The lowest BCUT2D eigenvalue weighted by molar-refractivity contribution is -0.0493. The second-order valence-corrected chi connectivity index (χ2v) is 6.25. The number of alkyl halides is 3. The maximum Gasteiger partial charge on any atom is 0.511 e. The summed E-state index contributed by atoms with van der Waals surface area (Å²) in [6.45, 7) is 2.78. The van der Waals surface area contributed by atoms with Crippen molar-refractivity contribution in [2.45, 2.75) is 32.3 Å². The Hall–Kier alpha value is -1.22. The molecule has 106 valence electrons. The molecule has 0 N–H and O–H groups in total. The van der Waals surface area contributed by atoms with E-state index in [0.717, 1.165) is 0 Å². The first-order chi connectivity index (χ1) is 8.63. The summed E-state index contributed by atoms with van der Waals surface area (Å²) in [6.07, 6.45) is 0.162. The lowest BCUT2D eigenvalue weighted by Gasteiger charge is -2.28. The van der Waals surface area contributed by atoms with E-state index >= 15 is 0 Å². The Morgan fingerprint density at radius 3 is 2.42 bits per heavy atom. The summed E-state index contributed by atoms with van der Waals surface area (Å²) in [4.78, 5) is 8.19. The minimum absolute atomic E-state index is 0.162. The summed E-state index contributed by atoms with van der Waals surface area (Å²) < 4.78 is 60.6. The van der Waals surface area contributed by atoms with Gasteiger partial charge in [0.15, 0.2) is 0 Å². The number of rotatable bonds is 1. The van der Waals surface area contributed by atoms with Crippen LogP contribution >= 0.6 is 0 Å². The summed E-state index contributed by atoms with van der Waals surface area (Å²) in [5, 5.41) is 0. The van der Waals surface area contributed by atoms with Gasteiger partial charge in [-0.25, -0.2) is 18.4 Å². The van der Waals surface area contributed by atoms with E-state index in [-0.39, 0.29) is 19.5 Å². The van der Waals surface area contributed by atoms with Crippen LogP contribution in [0.15, 0.2) is 0 Å². The fourth-order valence-corrected chi connectivity index (χ4v) is 2.98. The number of fused-ring (bicyclic) bond motifs is 1. The molecule has 1 aromatic heterocycles. The predicted octanol–water partition coefficient (Wildman–Crippen LogP) is 1.30. The van der Waals surface area contributed by atoms with Gasteiger partial charge in [0.25, 0.3) is 0 Å². The highest BCUT2D eigenvalue weighted by Crippen LogP contribution is 2.31. The number of hydrogen-bond donors (Lipinski definition) is 0. The van der Waals surface area contributed by atoms with Crippen molar-refractivity contribution in [3.8, 4) is 0 Å². The number of aryl methyl sites for hydroxylation is 2. The van der Waals surface area contributed by atoms with E-state index < -0.39 is 15.5 Å². The highest BCUT2D eigenvalue weighted by molar-refractivity contribution is 7.89. The fourth-order valence-electron chi connectivity index (χ4n) is 2.06. The van der Waals surface area contributed by atoms with Crippen LogP contribution in [-0.4, -0.2) is 34.7 Å². The Kier molecular flexibility index (Phi) is 3.29. The van der Waals surface area contributed by atoms with E-state index in [1.54, 1.807) is 13.8 Å². The quantitative estimate of drug-likeness (QED) is 0.783. The molecule has 0 atom stereocenters. The lowest BCUT2D eigenvalue weighted by atomic mass is 10.1. The molecule has 0 bridgehead atoms. The number of hydrogen-bond acceptors (Lipinski definition) is 4. The average molecular weight is 295 g/mol. The Labute approximate surface area is 108 Å². The van der Waals surface area contributed by atoms with E-state index in [4.69, 9.17) is 0 Å². The third kappa shape index (κ3) is 2.44. The molecule has 1 aliphatic heterocycles. The Morgan fingerprint density at radius 1 is 1.21 bits per heavy atom. The van der Waals surface area contributed by atoms with Gasteiger partial charge in [-0.15, -0.1) is 0 Å². The molecule has 19 heavy (non-hydrogen) atoms. The van der Waals surface area contributed by atoms with Crippen LogP contribution in [0.25, 0.3) is 0 Å². The van der Waals surface area contributed by atoms with Crippen LogP contribution in [0.1, 0.15) is 22.8 Å². The van der Waals surface area contributed by atoms with Crippen LogP contribution < -0.4 is 0 Å². The van der Waals surface area contributed by atoms with Crippen molar-refractivity contribution in [2.24, 2.45) is 0 Å². The topological polar surface area (TPSA) is 63.2 Å². The van der Waals surface area contributed by atoms with Crippen LogP contribution in [0.2, 0.25) is 0 Å². The standard InChI is InChI=1S/C10H12F3N3O2S/c1-6-8-5-16(19(17,18)10(11,12)13)4-3-9(8)15-7(2)14-6/h3-5H2,1-2H3. The molecule has 0 aromatic carbocycles. The van der Waals surface area contributed by atoms with E-state index in [1.807, 2.05) is 0 Å². The van der Waals surface area contributed by atoms with E-state index in [9.17, 15) is 21.6 Å². The van der Waals surface area contributed by atoms with Crippen molar-refractivity contribution in [1.29, 1.82) is 0 Å². The molecular formula is C10H12F3N3O2S. The molecule has 0 aliphatic carbocycles. The highest BCUT2D eigenvalue weighted by atomic mass is 32.2. The molecule has 0 amide bonds. The van der Waals surface area contributed by atoms with Gasteiger partial charge < -0.3 is 0 Å². The first-order valence-corrected chi connectivity index (χ1v) is 6.96. The normalized spacial score (nSPS) is 17.3. The first kappa shape index (κ1) is 14.2. The van der Waals surface area contributed by atoms with Crippen LogP contribution in [0.4, 0.5) is 13.2 Å². The summed E-state index contributed by atoms with van der Waals surface area (Å²) >= 11 is 0. The molecule has 9 heteroatoms. The van der Waals surface area contributed by atoms with Crippen LogP contribution in [0.5, 0.6) is 0 Å². The molecule has 2 rings (SSSR count). The maximum atomic E-state index is 12.5. The van der Waals surface area contributed by atoms with Crippen LogP contribution in [-0.2, 0) is 23.0 Å². The zero-order chi connectivity index (χ0) is 14.4. The SMILES string of the molecule is Cc1nc(C)c2c(n1)CCN(S(=O)(=O)C(F)(F)F)C2. The number of halogens is 3. The molecule has 0 radical (unpaired) electrons. The van der Waals surface area contributed by atoms with Gasteiger partial charge in [-0.3, -0.25) is 0 Å². The van der Waals surface area contributed by atoms with Crippen molar-refractivity contribution >= 4 is 10.0 Å². The van der Waals surface area contributed by atoms with Crippen molar-refractivity contribution in [3.63, 3.8) is 0 Å². The van der Waals surface area contributed by atoms with Crippen molar-refractivity contribution in [3.05, 3.63) is 22.8 Å². The third-order valence-electron chi connectivity index (χ3n) is 2.98. The molecule has 0 unspecified atom stereocenters. The van der Waals surface area contributed by atoms with E-state index in [0.29, 0.717) is 27.1 Å². The molecule has 0 saturated heterocycles. The Bertz CT molecular complexity index is 613. The molecular weight excluding hydrogens is 283 g/mol. The lowest BCUT2D eigenvalue weighted by Crippen LogP contribution is -2.43. The Morgan fingerprint density at radius 2 is 1.84 bits per heavy atom. The predicted molar refractivity (Wildman–Crippen MR) is 60.6 cm³/mol. The van der Waals surface area contributed by atoms with Crippen molar-refractivity contribution in [2.75, 3.05) is 6.54 Å². The van der Waals surface area contributed by atoms with Crippen LogP contribution in [0, 0.1) is 13.8 Å². The second kappa shape index (κ2) is 4.41. The number of sulfonamides is 1. The number of aromatic nitrogens is 2. The zero-order valence-corrected chi connectivity index (χ0v) is 11.1. The number of nitrogens with zero attached hydrogens (tertiary/aromatic N) is 3. The van der Waals surface area contributed by atoms with E-state index in [1.165, 1.54) is 0 Å². The van der Waals surface area contributed by atoms with Gasteiger partial charge >= 0.3 is 15.5 Å². The van der Waals surface area contributed by atoms with Crippen molar-refractivity contribution in [1.82, 2.24) is 14.3 Å². The van der Waals surface area contributed by atoms with Gasteiger partial charge in [-0.05, 0) is 13.8 Å². The van der Waals surface area contributed by atoms with Gasteiger partial charge in [-0.1, -0.05) is 0 Å². The summed E-state index contributed by atoms with van der Waals surface area (Å²) in [5.41, 5.74) is -3.67. The molecule has 1 aliphatic rings. The van der Waals surface area contributed by atoms with Gasteiger partial charge in [0, 0.05) is 30.8 Å². The second-order valence-electron chi connectivity index (χ2n) is 4.32. The molecule has 5 nitrogen and oxygen atoms in total. The monoisotopic (exact) mass is 295 g/mol. The fraction of sp³-hybridized carbons (Fsp3) is 0.600. The molecule has 1 aromatic rings. The smallest absolute Gasteiger partial charge is 0.238 e. The van der Waals surface area contributed by atoms with Gasteiger partial charge in [0.05, 0.1) is 5.69 Å². The van der Waals surface area contributed by atoms with Gasteiger partial charge in [0.1, 0.15) is 5.82 Å². The average Bonchev–Trinajstić information content (AvgIpc) is 2.26. The minimum atomic E-state index is -5.29. The van der Waals surface area contributed by atoms with E-state index in [2.05, 4.69) is 9.97 Å². The highest BCUT2D eigenvalue weighted by Gasteiger charge is 2.50. The minimum Gasteiger partial charge on any atom is -0.238 e. The molecule has 2 heterocycles. The van der Waals surface area contributed by atoms with Crippen molar-refractivity contribution < 1.29 is 21.6 Å². The first-order valence-electron chi connectivity index (χ1n) is 5.52. The largest absolute Gasteiger partial charge is 0.511 e. The maximum absolute atomic E-state index is 12.5. The van der Waals surface area contributed by atoms with Crippen LogP contribution in [0.3, 0.4) is 0 Å². The van der Waals surface area contributed by atoms with Gasteiger partial charge in [0.2, 0.25) is 0 Å². The Balaban J connectivity index is 2.39. The molecule has 0 fully saturated rings. The zero-order valence-electron chi connectivity index (χ0n) is 10.3. The summed E-state index contributed by atoms with van der Waals surface area (Å²) in [5.74, 6) is 0.531. The summed E-state index contributed by atoms with van der Waals surface area (Å²) in [6, 6.07) is 0. The van der Waals surface area contributed by atoms with Gasteiger partial charge in [-0.2, -0.15) is 17.5 Å². The third-order valence-corrected chi connectivity index (χ3v) is 4.55. The molecule has 0 spiro atoms. The summed E-state index contributed by atoms with van der Waals surface area (Å²) in [7, 11) is -5.29. The molecule has 0 saturated carbocycles.